The van der Waals surface area contributed by atoms with E-state index in [9.17, 15) is 4.39 Å². The Balaban J connectivity index is 2.00. The molecule has 0 saturated heterocycles. The minimum absolute atomic E-state index is 0.0688. The number of furan rings is 1. The van der Waals surface area contributed by atoms with Crippen molar-refractivity contribution in [3.8, 4) is 0 Å². The zero-order valence-electron chi connectivity index (χ0n) is 10.8. The molecule has 0 aliphatic carbocycles. The van der Waals surface area contributed by atoms with Crippen LogP contribution in [0.5, 0.6) is 0 Å². The first-order valence-electron chi connectivity index (χ1n) is 6.23. The molecular weight excluding hydrogens is 318 g/mol. The van der Waals surface area contributed by atoms with Crippen LogP contribution < -0.4 is 5.32 Å². The van der Waals surface area contributed by atoms with Crippen LogP contribution in [0.2, 0.25) is 10.3 Å². The van der Waals surface area contributed by atoms with E-state index in [0.29, 0.717) is 28.4 Å². The zero-order valence-corrected chi connectivity index (χ0v) is 12.3. The van der Waals surface area contributed by atoms with Crippen LogP contribution in [0.15, 0.2) is 29.0 Å². The maximum Gasteiger partial charge on any atom is 0.226 e. The molecule has 0 fully saturated rings. The van der Waals surface area contributed by atoms with Crippen molar-refractivity contribution in [2.75, 3.05) is 12.0 Å². The van der Waals surface area contributed by atoms with Gasteiger partial charge in [-0.25, -0.2) is 4.39 Å². The Morgan fingerprint density at radius 3 is 2.90 bits per heavy atom. The van der Waals surface area contributed by atoms with Gasteiger partial charge in [0.05, 0.1) is 29.8 Å². The summed E-state index contributed by atoms with van der Waals surface area (Å²) in [6.07, 6.45) is 3.21. The summed E-state index contributed by atoms with van der Waals surface area (Å²) >= 11 is 12.1. The Labute approximate surface area is 129 Å². The molecule has 3 aromatic heterocycles. The van der Waals surface area contributed by atoms with Crippen LogP contribution in [0, 0.1) is 0 Å². The number of aromatic nitrogens is 3. The smallest absolute Gasteiger partial charge is 0.226 e. The van der Waals surface area contributed by atoms with Crippen LogP contribution in [0.25, 0.3) is 11.0 Å². The van der Waals surface area contributed by atoms with Crippen LogP contribution in [0.4, 0.5) is 10.2 Å². The lowest BCUT2D eigenvalue weighted by atomic mass is 10.3. The average molecular weight is 329 g/mol. The lowest BCUT2D eigenvalue weighted by molar-refractivity contribution is 0.450. The van der Waals surface area contributed by atoms with Crippen molar-refractivity contribution in [1.29, 1.82) is 0 Å². The van der Waals surface area contributed by atoms with Gasteiger partial charge < -0.3 is 14.3 Å². The number of hydrogen-bond donors (Lipinski definition) is 1. The predicted molar refractivity (Wildman–Crippen MR) is 79.6 cm³/mol. The fraction of sp³-hybridized carbons (Fsp3) is 0.231. The largest absolute Gasteiger partial charge is 0.467 e. The summed E-state index contributed by atoms with van der Waals surface area (Å²) in [7, 11) is 0. The Kier molecular flexibility index (Phi) is 3.98. The van der Waals surface area contributed by atoms with Gasteiger partial charge in [0, 0.05) is 6.20 Å². The predicted octanol–water partition coefficient (Wildman–Crippen LogP) is 3.91. The Morgan fingerprint density at radius 1 is 1.33 bits per heavy atom. The molecule has 21 heavy (non-hydrogen) atoms. The van der Waals surface area contributed by atoms with E-state index in [0.717, 1.165) is 5.76 Å². The number of hydrogen-bond acceptors (Lipinski definition) is 4. The van der Waals surface area contributed by atoms with E-state index < -0.39 is 6.67 Å². The van der Waals surface area contributed by atoms with Crippen LogP contribution in [0.1, 0.15) is 5.76 Å². The molecule has 3 aromatic rings. The van der Waals surface area contributed by atoms with Gasteiger partial charge in [0.25, 0.3) is 0 Å². The Morgan fingerprint density at radius 2 is 2.19 bits per heavy atom. The maximum absolute atomic E-state index is 12.6. The third-order valence-corrected chi connectivity index (χ3v) is 3.43. The third kappa shape index (κ3) is 2.82. The van der Waals surface area contributed by atoms with Crippen LogP contribution >= 0.6 is 23.2 Å². The number of aryl methyl sites for hydroxylation is 1. The number of anilines is 1. The summed E-state index contributed by atoms with van der Waals surface area (Å²) in [5.74, 6) is 1.24. The van der Waals surface area contributed by atoms with Crippen molar-refractivity contribution in [3.63, 3.8) is 0 Å². The molecule has 3 rings (SSSR count). The number of nitrogens with one attached hydrogen (secondary N) is 1. The van der Waals surface area contributed by atoms with Crippen molar-refractivity contribution in [2.24, 2.45) is 0 Å². The quantitative estimate of drug-likeness (QED) is 0.721. The SMILES string of the molecule is FCCn1cc(Cl)c2c(NCc3ccco3)nc(Cl)nc21. The molecule has 0 saturated carbocycles. The lowest BCUT2D eigenvalue weighted by Gasteiger charge is -2.07. The van der Waals surface area contributed by atoms with Crippen LogP contribution in [-0.4, -0.2) is 21.2 Å². The van der Waals surface area contributed by atoms with Gasteiger partial charge in [-0.3, -0.25) is 0 Å². The van der Waals surface area contributed by atoms with Gasteiger partial charge in [-0.15, -0.1) is 0 Å². The van der Waals surface area contributed by atoms with Crippen LogP contribution in [0.3, 0.4) is 0 Å². The second-order valence-corrected chi connectivity index (χ2v) is 5.08. The number of alkyl halides is 1. The monoisotopic (exact) mass is 328 g/mol. The van der Waals surface area contributed by atoms with E-state index in [2.05, 4.69) is 15.3 Å². The third-order valence-electron chi connectivity index (χ3n) is 2.98. The Bertz CT molecular complexity index is 757. The highest BCUT2D eigenvalue weighted by Gasteiger charge is 2.15. The first kappa shape index (κ1) is 14.2. The molecule has 0 aliphatic heterocycles. The minimum atomic E-state index is -0.517. The van der Waals surface area contributed by atoms with Crippen molar-refractivity contribution < 1.29 is 8.81 Å². The van der Waals surface area contributed by atoms with E-state index in [1.807, 2.05) is 6.07 Å². The molecule has 0 atom stereocenters. The molecule has 110 valence electrons. The average Bonchev–Trinajstić information content (AvgIpc) is 3.06. The van der Waals surface area contributed by atoms with Gasteiger partial charge in [0.1, 0.15) is 23.9 Å². The van der Waals surface area contributed by atoms with Gasteiger partial charge in [-0.2, -0.15) is 9.97 Å². The molecular formula is C13H11Cl2FN4O. The molecule has 0 radical (unpaired) electrons. The van der Waals surface area contributed by atoms with E-state index in [4.69, 9.17) is 27.6 Å². The van der Waals surface area contributed by atoms with Gasteiger partial charge >= 0.3 is 0 Å². The second kappa shape index (κ2) is 5.91. The van der Waals surface area contributed by atoms with Gasteiger partial charge in [0.15, 0.2) is 0 Å². The fourth-order valence-electron chi connectivity index (χ4n) is 2.09. The van der Waals surface area contributed by atoms with Gasteiger partial charge in [0.2, 0.25) is 5.28 Å². The summed E-state index contributed by atoms with van der Waals surface area (Å²) in [6, 6.07) is 3.63. The molecule has 0 amide bonds. The zero-order chi connectivity index (χ0) is 14.8. The molecule has 5 nitrogen and oxygen atoms in total. The van der Waals surface area contributed by atoms with Crippen molar-refractivity contribution in [1.82, 2.24) is 14.5 Å². The second-order valence-electron chi connectivity index (χ2n) is 4.33. The number of rotatable bonds is 5. The van der Waals surface area contributed by atoms with Gasteiger partial charge in [-0.05, 0) is 23.7 Å². The fourth-order valence-corrected chi connectivity index (χ4v) is 2.54. The Hall–Kier alpha value is -1.79. The van der Waals surface area contributed by atoms with Crippen molar-refractivity contribution in [2.45, 2.75) is 13.1 Å². The standard InChI is InChI=1S/C13H11Cl2FN4O/c14-9-7-20(4-3-16)12-10(9)11(18-13(15)19-12)17-6-8-2-1-5-21-8/h1-2,5,7H,3-4,6H2,(H,17,18,19). The highest BCUT2D eigenvalue weighted by atomic mass is 35.5. The van der Waals surface area contributed by atoms with Crippen molar-refractivity contribution >= 4 is 40.1 Å². The van der Waals surface area contributed by atoms with E-state index in [1.54, 1.807) is 23.1 Å². The highest BCUT2D eigenvalue weighted by molar-refractivity contribution is 6.36. The highest BCUT2D eigenvalue weighted by Crippen LogP contribution is 2.31. The van der Waals surface area contributed by atoms with E-state index >= 15 is 0 Å². The number of halogens is 3. The molecule has 0 unspecified atom stereocenters. The molecule has 8 heteroatoms. The molecule has 0 aromatic carbocycles. The van der Waals surface area contributed by atoms with Gasteiger partial charge in [-0.1, -0.05) is 11.6 Å². The summed E-state index contributed by atoms with van der Waals surface area (Å²) in [6.45, 7) is 0.0745. The minimum Gasteiger partial charge on any atom is -0.467 e. The van der Waals surface area contributed by atoms with E-state index in [1.165, 1.54) is 0 Å². The lowest BCUT2D eigenvalue weighted by Crippen LogP contribution is -2.04. The molecule has 0 spiro atoms. The number of nitrogens with zero attached hydrogens (tertiary/aromatic N) is 3. The number of fused-ring (bicyclic) bond motifs is 1. The normalized spacial score (nSPS) is 11.2. The summed E-state index contributed by atoms with van der Waals surface area (Å²) < 4.78 is 19.4. The van der Waals surface area contributed by atoms with Crippen LogP contribution in [-0.2, 0) is 13.1 Å². The first-order chi connectivity index (χ1) is 10.2. The molecule has 0 aliphatic rings. The molecule has 3 heterocycles. The molecule has 0 bridgehead atoms. The first-order valence-corrected chi connectivity index (χ1v) is 6.98. The van der Waals surface area contributed by atoms with Crippen molar-refractivity contribution in [3.05, 3.63) is 40.7 Å². The van der Waals surface area contributed by atoms with E-state index in [-0.39, 0.29) is 11.8 Å². The summed E-state index contributed by atoms with van der Waals surface area (Å²) in [5.41, 5.74) is 0.500. The maximum atomic E-state index is 12.6. The molecule has 1 N–H and O–H groups in total. The summed E-state index contributed by atoms with van der Waals surface area (Å²) in [5, 5.41) is 4.23. The summed E-state index contributed by atoms with van der Waals surface area (Å²) in [4.78, 5) is 8.27. The topological polar surface area (TPSA) is 55.9 Å².